The van der Waals surface area contributed by atoms with E-state index in [9.17, 15) is 5.11 Å². The molecule has 1 rings (SSSR count). The van der Waals surface area contributed by atoms with E-state index in [1.165, 1.54) is 16.7 Å². The van der Waals surface area contributed by atoms with Crippen molar-refractivity contribution >= 4 is 0 Å². The summed E-state index contributed by atoms with van der Waals surface area (Å²) in [6.07, 6.45) is 0. The summed E-state index contributed by atoms with van der Waals surface area (Å²) in [5.41, 5.74) is 4.11. The number of benzene rings is 1. The summed E-state index contributed by atoms with van der Waals surface area (Å²) >= 11 is 0. The van der Waals surface area contributed by atoms with Crippen LogP contribution in [-0.4, -0.2) is 5.11 Å². The maximum atomic E-state index is 10.7. The molecule has 0 unspecified atom stereocenters. The summed E-state index contributed by atoms with van der Waals surface area (Å²) in [5.74, 6) is 0. The molecule has 1 aromatic carbocycles. The van der Waals surface area contributed by atoms with E-state index in [1.54, 1.807) is 0 Å². The van der Waals surface area contributed by atoms with Gasteiger partial charge in [-0.25, -0.2) is 0 Å². The summed E-state index contributed by atoms with van der Waals surface area (Å²) < 4.78 is 0. The van der Waals surface area contributed by atoms with E-state index < -0.39 is 5.60 Å². The molecule has 19 heavy (non-hydrogen) atoms. The zero-order valence-corrected chi connectivity index (χ0v) is 14.1. The molecule has 0 aromatic heterocycles. The van der Waals surface area contributed by atoms with Crippen molar-refractivity contribution in [3.8, 4) is 0 Å². The predicted octanol–water partition coefficient (Wildman–Crippen LogP) is 4.82. The van der Waals surface area contributed by atoms with Crippen molar-refractivity contribution in [1.82, 2.24) is 0 Å². The van der Waals surface area contributed by atoms with Crippen molar-refractivity contribution < 1.29 is 5.11 Å². The molecule has 1 N–H and O–H groups in total. The number of hydrogen-bond donors (Lipinski definition) is 1. The van der Waals surface area contributed by atoms with Crippen LogP contribution in [-0.2, 0) is 16.4 Å². The number of aryl methyl sites for hydroxylation is 1. The number of aliphatic hydroxyl groups is 1. The topological polar surface area (TPSA) is 20.2 Å². The first-order valence-electron chi connectivity index (χ1n) is 7.13. The van der Waals surface area contributed by atoms with Gasteiger partial charge < -0.3 is 5.11 Å². The number of hydrogen-bond acceptors (Lipinski definition) is 1. The molecule has 0 amide bonds. The van der Waals surface area contributed by atoms with Gasteiger partial charge in [0, 0.05) is 0 Å². The molecule has 0 aliphatic carbocycles. The normalized spacial score (nSPS) is 13.8. The molecule has 0 fully saturated rings. The number of rotatable bonds is 1. The molecule has 0 radical (unpaired) electrons. The van der Waals surface area contributed by atoms with Gasteiger partial charge in [-0.1, -0.05) is 59.2 Å². The van der Waals surface area contributed by atoms with E-state index in [0.29, 0.717) is 0 Å². The molecule has 0 saturated carbocycles. The molecule has 0 bridgehead atoms. The van der Waals surface area contributed by atoms with Gasteiger partial charge in [0.2, 0.25) is 0 Å². The Morgan fingerprint density at radius 1 is 0.737 bits per heavy atom. The Morgan fingerprint density at radius 2 is 1.05 bits per heavy atom. The molecule has 0 saturated heterocycles. The molecule has 1 nitrogen and oxygen atoms in total. The average molecular weight is 262 g/mol. The van der Waals surface area contributed by atoms with Crippen LogP contribution in [0.1, 0.15) is 77.6 Å². The minimum atomic E-state index is -0.821. The van der Waals surface area contributed by atoms with E-state index in [2.05, 4.69) is 60.6 Å². The lowest BCUT2D eigenvalue weighted by molar-refractivity contribution is 0.0745. The Balaban J connectivity index is 3.80. The van der Waals surface area contributed by atoms with Crippen LogP contribution in [0.4, 0.5) is 0 Å². The maximum absolute atomic E-state index is 10.7. The van der Waals surface area contributed by atoms with E-state index in [0.717, 1.165) is 5.56 Å². The Bertz CT molecular complexity index is 427. The van der Waals surface area contributed by atoms with Gasteiger partial charge in [-0.2, -0.15) is 0 Å². The van der Waals surface area contributed by atoms with Gasteiger partial charge in [0.15, 0.2) is 0 Å². The van der Waals surface area contributed by atoms with Gasteiger partial charge in [0.05, 0.1) is 5.60 Å². The van der Waals surface area contributed by atoms with Crippen LogP contribution < -0.4 is 0 Å². The lowest BCUT2D eigenvalue weighted by Gasteiger charge is -2.36. The fourth-order valence-corrected chi connectivity index (χ4v) is 2.63. The molecule has 108 valence electrons. The van der Waals surface area contributed by atoms with Crippen LogP contribution in [0.2, 0.25) is 0 Å². The SMILES string of the molecule is Cc1cc(C(C)(C)C)c(C(C)(C)O)c(C(C)(C)C)c1. The molecule has 1 heteroatoms. The molecular weight excluding hydrogens is 232 g/mol. The minimum Gasteiger partial charge on any atom is -0.386 e. The largest absolute Gasteiger partial charge is 0.386 e. The fraction of sp³-hybridized carbons (Fsp3) is 0.667. The average Bonchev–Trinajstić information content (AvgIpc) is 2.11. The fourth-order valence-electron chi connectivity index (χ4n) is 2.63. The Labute approximate surface area is 119 Å². The second kappa shape index (κ2) is 4.63. The highest BCUT2D eigenvalue weighted by atomic mass is 16.3. The standard InChI is InChI=1S/C18H30O/c1-12-10-13(16(2,3)4)15(18(8,9)19)14(11-12)17(5,6)7/h10-11,19H,1-9H3. The summed E-state index contributed by atoms with van der Waals surface area (Å²) in [7, 11) is 0. The van der Waals surface area contributed by atoms with Crippen molar-refractivity contribution in [1.29, 1.82) is 0 Å². The first-order chi connectivity index (χ1) is 8.24. The molecule has 0 aliphatic heterocycles. The van der Waals surface area contributed by atoms with E-state index in [1.807, 2.05) is 13.8 Å². The molecule has 0 spiro atoms. The first kappa shape index (κ1) is 16.2. The van der Waals surface area contributed by atoms with E-state index in [-0.39, 0.29) is 10.8 Å². The van der Waals surface area contributed by atoms with Gasteiger partial charge in [0.25, 0.3) is 0 Å². The lowest BCUT2D eigenvalue weighted by atomic mass is 9.71. The summed E-state index contributed by atoms with van der Waals surface area (Å²) in [5, 5.41) is 10.7. The molecule has 0 atom stereocenters. The van der Waals surface area contributed by atoms with Crippen molar-refractivity contribution in [3.05, 3.63) is 34.4 Å². The third-order valence-corrected chi connectivity index (χ3v) is 3.51. The van der Waals surface area contributed by atoms with E-state index in [4.69, 9.17) is 0 Å². The second-order valence-electron chi connectivity index (χ2n) is 8.29. The van der Waals surface area contributed by atoms with Crippen molar-refractivity contribution in [2.75, 3.05) is 0 Å². The smallest absolute Gasteiger partial charge is 0.0846 e. The van der Waals surface area contributed by atoms with Crippen LogP contribution in [0.25, 0.3) is 0 Å². The third-order valence-electron chi connectivity index (χ3n) is 3.51. The highest BCUT2D eigenvalue weighted by Crippen LogP contribution is 2.40. The highest BCUT2D eigenvalue weighted by molar-refractivity contribution is 5.48. The predicted molar refractivity (Wildman–Crippen MR) is 83.8 cm³/mol. The Morgan fingerprint density at radius 3 is 1.26 bits per heavy atom. The third kappa shape index (κ3) is 3.60. The van der Waals surface area contributed by atoms with Crippen LogP contribution in [0.3, 0.4) is 0 Å². The quantitative estimate of drug-likeness (QED) is 0.769. The molecule has 0 aliphatic rings. The molecule has 0 heterocycles. The Hall–Kier alpha value is -0.820. The second-order valence-corrected chi connectivity index (χ2v) is 8.29. The van der Waals surface area contributed by atoms with Crippen LogP contribution in [0.15, 0.2) is 12.1 Å². The monoisotopic (exact) mass is 262 g/mol. The summed E-state index contributed by atoms with van der Waals surface area (Å²) in [4.78, 5) is 0. The van der Waals surface area contributed by atoms with Gasteiger partial charge in [-0.3, -0.25) is 0 Å². The summed E-state index contributed by atoms with van der Waals surface area (Å²) in [6.45, 7) is 19.2. The molecule has 1 aromatic rings. The zero-order valence-electron chi connectivity index (χ0n) is 14.1. The lowest BCUT2D eigenvalue weighted by Crippen LogP contribution is -2.29. The first-order valence-corrected chi connectivity index (χ1v) is 7.13. The zero-order chi connectivity index (χ0) is 15.2. The molecular formula is C18H30O. The Kier molecular flexibility index (Phi) is 3.95. The van der Waals surface area contributed by atoms with Gasteiger partial charge >= 0.3 is 0 Å². The van der Waals surface area contributed by atoms with E-state index >= 15 is 0 Å². The summed E-state index contributed by atoms with van der Waals surface area (Å²) in [6, 6.07) is 4.45. The van der Waals surface area contributed by atoms with Crippen molar-refractivity contribution in [3.63, 3.8) is 0 Å². The highest BCUT2D eigenvalue weighted by Gasteiger charge is 2.32. The van der Waals surface area contributed by atoms with Crippen molar-refractivity contribution in [2.24, 2.45) is 0 Å². The van der Waals surface area contributed by atoms with Crippen molar-refractivity contribution in [2.45, 2.75) is 78.7 Å². The van der Waals surface area contributed by atoms with Gasteiger partial charge in [0.1, 0.15) is 0 Å². The van der Waals surface area contributed by atoms with Gasteiger partial charge in [-0.15, -0.1) is 0 Å². The van der Waals surface area contributed by atoms with Gasteiger partial charge in [-0.05, 0) is 48.3 Å². The van der Waals surface area contributed by atoms with Crippen LogP contribution in [0.5, 0.6) is 0 Å². The van der Waals surface area contributed by atoms with Crippen LogP contribution >= 0.6 is 0 Å². The minimum absolute atomic E-state index is 0.0291. The maximum Gasteiger partial charge on any atom is 0.0846 e. The van der Waals surface area contributed by atoms with Crippen LogP contribution in [0, 0.1) is 6.92 Å².